The summed E-state index contributed by atoms with van der Waals surface area (Å²) in [7, 11) is 1.78. The molecule has 0 saturated carbocycles. The second-order valence-corrected chi connectivity index (χ2v) is 8.99. The Hall–Kier alpha value is -1.36. The summed E-state index contributed by atoms with van der Waals surface area (Å²) < 4.78 is 11.7. The van der Waals surface area contributed by atoms with E-state index < -0.39 is 6.04 Å². The molecule has 0 N–H and O–H groups in total. The molecule has 2 aliphatic heterocycles. The Balaban J connectivity index is 2.16. The molecular weight excluding hydrogens is 366 g/mol. The van der Waals surface area contributed by atoms with Crippen molar-refractivity contribution in [2.75, 3.05) is 13.7 Å². The van der Waals surface area contributed by atoms with Gasteiger partial charge < -0.3 is 14.4 Å². The average molecular weight is 408 g/mol. The molecule has 0 aromatic carbocycles. The molecule has 0 aliphatic carbocycles. The van der Waals surface area contributed by atoms with Gasteiger partial charge in [0.25, 0.3) is 0 Å². The van der Waals surface area contributed by atoms with Crippen molar-refractivity contribution in [1.29, 1.82) is 0 Å². The van der Waals surface area contributed by atoms with Crippen molar-refractivity contribution >= 4 is 11.9 Å². The van der Waals surface area contributed by atoms with Crippen LogP contribution in [-0.4, -0.2) is 48.7 Å². The van der Waals surface area contributed by atoms with Gasteiger partial charge in [0.05, 0.1) is 6.10 Å². The summed E-state index contributed by atoms with van der Waals surface area (Å²) in [4.78, 5) is 27.4. The predicted molar refractivity (Wildman–Crippen MR) is 115 cm³/mol. The van der Waals surface area contributed by atoms with Crippen LogP contribution in [0.4, 0.5) is 0 Å². The lowest BCUT2D eigenvalue weighted by Crippen LogP contribution is -2.42. The fourth-order valence-corrected chi connectivity index (χ4v) is 4.49. The minimum Gasteiger partial charge on any atom is -0.461 e. The van der Waals surface area contributed by atoms with Crippen LogP contribution in [0.1, 0.15) is 85.0 Å². The Bertz CT molecular complexity index is 547. The van der Waals surface area contributed by atoms with Gasteiger partial charge in [0.1, 0.15) is 12.1 Å². The highest BCUT2D eigenvalue weighted by molar-refractivity contribution is 5.92. The van der Waals surface area contributed by atoms with E-state index in [1.807, 2.05) is 6.08 Å². The second-order valence-electron chi connectivity index (χ2n) is 8.99. The number of amides is 1. The molecule has 5 unspecified atom stereocenters. The topological polar surface area (TPSA) is 55.8 Å². The minimum absolute atomic E-state index is 0.0648. The molecule has 29 heavy (non-hydrogen) atoms. The van der Waals surface area contributed by atoms with Crippen LogP contribution in [0, 0.1) is 11.8 Å². The largest absolute Gasteiger partial charge is 0.461 e. The molecule has 1 amide bonds. The number of hydrogen-bond donors (Lipinski definition) is 0. The van der Waals surface area contributed by atoms with Gasteiger partial charge in [-0.2, -0.15) is 0 Å². The van der Waals surface area contributed by atoms with Gasteiger partial charge in [0.15, 0.2) is 0 Å². The van der Waals surface area contributed by atoms with Crippen molar-refractivity contribution < 1.29 is 19.1 Å². The van der Waals surface area contributed by atoms with E-state index in [0.29, 0.717) is 24.8 Å². The number of carbonyl (C=O) groups is 2. The van der Waals surface area contributed by atoms with Crippen LogP contribution in [0.15, 0.2) is 12.2 Å². The number of allylic oxidation sites excluding steroid dienone is 1. The zero-order valence-corrected chi connectivity index (χ0v) is 18.9. The number of cyclic esters (lactones) is 1. The Morgan fingerprint density at radius 2 is 1.97 bits per heavy atom. The highest BCUT2D eigenvalue weighted by Gasteiger charge is 2.36. The monoisotopic (exact) mass is 407 g/mol. The van der Waals surface area contributed by atoms with Crippen molar-refractivity contribution in [3.05, 3.63) is 12.2 Å². The first kappa shape index (κ1) is 23.9. The molecule has 0 bridgehead atoms. The standard InChI is InChI=1S/C24H41NO4/c1-5-6-9-19(3)22-12-7-10-20(28-4)15-13-18(2)14-16-23(26)25-17-8-11-21(25)24(27)29-22/h14,16,18-22H,5-13,15,17H2,1-4H3. The minimum atomic E-state index is -0.430. The summed E-state index contributed by atoms with van der Waals surface area (Å²) >= 11 is 0. The smallest absolute Gasteiger partial charge is 0.329 e. The van der Waals surface area contributed by atoms with Crippen LogP contribution in [0.2, 0.25) is 0 Å². The number of hydrogen-bond acceptors (Lipinski definition) is 4. The third-order valence-corrected chi connectivity index (χ3v) is 6.58. The number of nitrogens with zero attached hydrogens (tertiary/aromatic N) is 1. The van der Waals surface area contributed by atoms with Crippen molar-refractivity contribution in [3.8, 4) is 0 Å². The van der Waals surface area contributed by atoms with E-state index in [1.54, 1.807) is 18.1 Å². The zero-order valence-electron chi connectivity index (χ0n) is 18.9. The van der Waals surface area contributed by atoms with E-state index in [2.05, 4.69) is 20.8 Å². The molecule has 1 saturated heterocycles. The van der Waals surface area contributed by atoms with Gasteiger partial charge in [-0.25, -0.2) is 4.79 Å². The van der Waals surface area contributed by atoms with E-state index in [0.717, 1.165) is 57.8 Å². The number of ether oxygens (including phenoxy) is 2. The summed E-state index contributed by atoms with van der Waals surface area (Å²) in [6.45, 7) is 7.15. The first-order valence-corrected chi connectivity index (χ1v) is 11.7. The molecule has 5 heteroatoms. The maximum atomic E-state index is 13.0. The number of unbranched alkanes of at least 4 members (excludes halogenated alkanes) is 1. The van der Waals surface area contributed by atoms with E-state index in [9.17, 15) is 9.59 Å². The molecule has 0 spiro atoms. The quantitative estimate of drug-likeness (QED) is 0.609. The Morgan fingerprint density at radius 3 is 2.69 bits per heavy atom. The highest BCUT2D eigenvalue weighted by Crippen LogP contribution is 2.26. The Labute approximate surface area is 177 Å². The number of carbonyl (C=O) groups excluding carboxylic acids is 2. The van der Waals surface area contributed by atoms with E-state index in [1.165, 1.54) is 0 Å². The lowest BCUT2D eigenvalue weighted by Gasteiger charge is -2.28. The third kappa shape index (κ3) is 7.44. The molecule has 1 fully saturated rings. The fourth-order valence-electron chi connectivity index (χ4n) is 4.49. The van der Waals surface area contributed by atoms with Crippen LogP contribution in [-0.2, 0) is 19.1 Å². The molecule has 0 aromatic heterocycles. The van der Waals surface area contributed by atoms with Gasteiger partial charge in [-0.05, 0) is 69.3 Å². The normalized spacial score (nSPS) is 31.0. The van der Waals surface area contributed by atoms with Gasteiger partial charge in [0.2, 0.25) is 5.91 Å². The zero-order chi connectivity index (χ0) is 21.2. The molecular formula is C24H41NO4. The lowest BCUT2D eigenvalue weighted by molar-refractivity contribution is -0.160. The molecule has 5 nitrogen and oxygen atoms in total. The SMILES string of the molecule is CCCCC(C)C1CCCC(OC)CCC(C)C=CC(=O)N2CCCC2C(=O)O1. The van der Waals surface area contributed by atoms with Crippen LogP contribution >= 0.6 is 0 Å². The van der Waals surface area contributed by atoms with Crippen LogP contribution in [0.25, 0.3) is 0 Å². The van der Waals surface area contributed by atoms with Gasteiger partial charge in [-0.15, -0.1) is 0 Å². The Kier molecular flexibility index (Phi) is 10.2. The fraction of sp³-hybridized carbons (Fsp3) is 0.833. The molecule has 0 radical (unpaired) electrons. The van der Waals surface area contributed by atoms with Gasteiger partial charge in [-0.1, -0.05) is 39.7 Å². The van der Waals surface area contributed by atoms with E-state index in [-0.39, 0.29) is 24.1 Å². The molecule has 2 rings (SSSR count). The second kappa shape index (κ2) is 12.4. The number of esters is 1. The molecule has 2 aliphatic rings. The van der Waals surface area contributed by atoms with Crippen LogP contribution in [0.3, 0.4) is 0 Å². The van der Waals surface area contributed by atoms with Crippen molar-refractivity contribution in [2.45, 2.75) is 103 Å². The van der Waals surface area contributed by atoms with Gasteiger partial charge >= 0.3 is 5.97 Å². The Morgan fingerprint density at radius 1 is 1.17 bits per heavy atom. The third-order valence-electron chi connectivity index (χ3n) is 6.58. The molecule has 5 atom stereocenters. The number of fused-ring (bicyclic) bond motifs is 1. The summed E-state index contributed by atoms with van der Waals surface area (Å²) in [6.07, 6.45) is 13.5. The maximum Gasteiger partial charge on any atom is 0.329 e. The number of methoxy groups -OCH3 is 1. The number of rotatable bonds is 5. The van der Waals surface area contributed by atoms with Crippen molar-refractivity contribution in [2.24, 2.45) is 11.8 Å². The summed E-state index contributed by atoms with van der Waals surface area (Å²) in [5, 5.41) is 0. The predicted octanol–water partition coefficient (Wildman–Crippen LogP) is 4.89. The van der Waals surface area contributed by atoms with E-state index in [4.69, 9.17) is 9.47 Å². The summed E-state index contributed by atoms with van der Waals surface area (Å²) in [5.41, 5.74) is 0. The lowest BCUT2D eigenvalue weighted by atomic mass is 9.92. The van der Waals surface area contributed by atoms with Gasteiger partial charge in [-0.3, -0.25) is 4.79 Å². The summed E-state index contributed by atoms with van der Waals surface area (Å²) in [5.74, 6) is 0.367. The average Bonchev–Trinajstić information content (AvgIpc) is 3.21. The van der Waals surface area contributed by atoms with Gasteiger partial charge in [0, 0.05) is 13.7 Å². The summed E-state index contributed by atoms with van der Waals surface area (Å²) in [6, 6.07) is -0.430. The maximum absolute atomic E-state index is 13.0. The molecule has 2 heterocycles. The molecule has 0 aromatic rings. The first-order chi connectivity index (χ1) is 14.0. The van der Waals surface area contributed by atoms with Crippen LogP contribution < -0.4 is 0 Å². The van der Waals surface area contributed by atoms with Crippen LogP contribution in [0.5, 0.6) is 0 Å². The van der Waals surface area contributed by atoms with E-state index >= 15 is 0 Å². The molecule has 166 valence electrons. The first-order valence-electron chi connectivity index (χ1n) is 11.7. The van der Waals surface area contributed by atoms with Crippen molar-refractivity contribution in [3.63, 3.8) is 0 Å². The highest BCUT2D eigenvalue weighted by atomic mass is 16.5. The van der Waals surface area contributed by atoms with Crippen molar-refractivity contribution in [1.82, 2.24) is 4.90 Å².